The minimum absolute atomic E-state index is 0.0636. The molecule has 0 N–H and O–H groups in total. The van der Waals surface area contributed by atoms with E-state index >= 15 is 0 Å². The lowest BCUT2D eigenvalue weighted by molar-refractivity contribution is 0.0521. The predicted octanol–water partition coefficient (Wildman–Crippen LogP) is 1.10. The second-order valence-electron chi connectivity index (χ2n) is 5.06. The summed E-state index contributed by atoms with van der Waals surface area (Å²) in [5.41, 5.74) is -0.240. The van der Waals surface area contributed by atoms with Crippen molar-refractivity contribution in [3.05, 3.63) is 58.0 Å². The standard InChI is InChI=1S/C16H15N3O6/c1-3-24-15(21)11-9-18(13-6-7-17-19(13)14(11)20)8-10-4-5-12(25-10)16(22)23-2/h4-7,9H,3,8H2,1-2H3. The third-order valence-electron chi connectivity index (χ3n) is 3.49. The van der Waals surface area contributed by atoms with E-state index in [9.17, 15) is 14.4 Å². The first-order valence-corrected chi connectivity index (χ1v) is 7.46. The molecule has 3 heterocycles. The Hall–Kier alpha value is -3.36. The Morgan fingerprint density at radius 1 is 1.24 bits per heavy atom. The molecular weight excluding hydrogens is 330 g/mol. The van der Waals surface area contributed by atoms with Crippen LogP contribution in [-0.2, 0) is 16.0 Å². The molecular formula is C16H15N3O6. The maximum atomic E-state index is 12.3. The van der Waals surface area contributed by atoms with E-state index in [0.29, 0.717) is 11.4 Å². The number of hydrogen-bond acceptors (Lipinski definition) is 7. The lowest BCUT2D eigenvalue weighted by Crippen LogP contribution is -2.27. The van der Waals surface area contributed by atoms with Crippen LogP contribution in [0.3, 0.4) is 0 Å². The molecule has 0 saturated heterocycles. The Balaban J connectivity index is 2.03. The zero-order chi connectivity index (χ0) is 18.0. The quantitative estimate of drug-likeness (QED) is 0.638. The normalized spacial score (nSPS) is 10.8. The van der Waals surface area contributed by atoms with Gasteiger partial charge in [-0.15, -0.1) is 0 Å². The Morgan fingerprint density at radius 3 is 2.76 bits per heavy atom. The molecule has 3 aromatic rings. The van der Waals surface area contributed by atoms with Crippen molar-refractivity contribution < 1.29 is 23.5 Å². The summed E-state index contributed by atoms with van der Waals surface area (Å²) in [4.78, 5) is 35.8. The maximum absolute atomic E-state index is 12.3. The van der Waals surface area contributed by atoms with Gasteiger partial charge >= 0.3 is 11.9 Å². The Bertz CT molecular complexity index is 997. The molecule has 0 atom stereocenters. The van der Waals surface area contributed by atoms with Crippen molar-refractivity contribution in [3.8, 4) is 0 Å². The fraction of sp³-hybridized carbons (Fsp3) is 0.250. The molecule has 0 aliphatic heterocycles. The summed E-state index contributed by atoms with van der Waals surface area (Å²) in [5.74, 6) is -0.808. The van der Waals surface area contributed by atoms with Gasteiger partial charge in [-0.05, 0) is 19.1 Å². The first kappa shape index (κ1) is 16.5. The lowest BCUT2D eigenvalue weighted by Gasteiger charge is -2.09. The number of rotatable bonds is 5. The summed E-state index contributed by atoms with van der Waals surface area (Å²) in [6.07, 6.45) is 2.84. The molecule has 0 spiro atoms. The molecule has 0 aliphatic carbocycles. The molecule has 0 amide bonds. The van der Waals surface area contributed by atoms with Crippen molar-refractivity contribution in [2.24, 2.45) is 0 Å². The third-order valence-corrected chi connectivity index (χ3v) is 3.49. The second-order valence-corrected chi connectivity index (χ2v) is 5.06. The van der Waals surface area contributed by atoms with E-state index in [1.165, 1.54) is 25.6 Å². The molecule has 0 radical (unpaired) electrons. The molecule has 0 fully saturated rings. The van der Waals surface area contributed by atoms with Crippen LogP contribution in [0.25, 0.3) is 5.65 Å². The smallest absolute Gasteiger partial charge is 0.373 e. The fourth-order valence-corrected chi connectivity index (χ4v) is 2.38. The van der Waals surface area contributed by atoms with Gasteiger partial charge in [-0.2, -0.15) is 9.61 Å². The Morgan fingerprint density at radius 2 is 2.04 bits per heavy atom. The van der Waals surface area contributed by atoms with Gasteiger partial charge in [-0.3, -0.25) is 4.79 Å². The van der Waals surface area contributed by atoms with E-state index in [2.05, 4.69) is 9.84 Å². The van der Waals surface area contributed by atoms with Gasteiger partial charge in [0.15, 0.2) is 0 Å². The third kappa shape index (κ3) is 3.03. The average molecular weight is 345 g/mol. The first-order chi connectivity index (χ1) is 12.0. The molecule has 0 aromatic carbocycles. The van der Waals surface area contributed by atoms with Crippen LogP contribution in [0.1, 0.15) is 33.6 Å². The number of hydrogen-bond donors (Lipinski definition) is 0. The minimum atomic E-state index is -0.728. The average Bonchev–Trinajstić information content (AvgIpc) is 3.26. The summed E-state index contributed by atoms with van der Waals surface area (Å²) in [6, 6.07) is 4.73. The molecule has 0 bridgehead atoms. The maximum Gasteiger partial charge on any atom is 0.373 e. The van der Waals surface area contributed by atoms with Gasteiger partial charge in [-0.1, -0.05) is 0 Å². The SMILES string of the molecule is CCOC(=O)c1cn(Cc2ccc(C(=O)OC)o2)c2ccnn2c1=O. The van der Waals surface area contributed by atoms with Gasteiger partial charge in [0.2, 0.25) is 5.76 Å². The van der Waals surface area contributed by atoms with E-state index in [0.717, 1.165) is 4.52 Å². The number of furan rings is 1. The highest BCUT2D eigenvalue weighted by Crippen LogP contribution is 2.13. The Labute approximate surface area is 141 Å². The van der Waals surface area contributed by atoms with Crippen LogP contribution in [0.4, 0.5) is 0 Å². The highest BCUT2D eigenvalue weighted by molar-refractivity contribution is 5.89. The van der Waals surface area contributed by atoms with Gasteiger partial charge < -0.3 is 18.5 Å². The molecule has 0 saturated carbocycles. The van der Waals surface area contributed by atoms with Crippen LogP contribution in [0.2, 0.25) is 0 Å². The molecule has 9 heteroatoms. The number of nitrogens with zero attached hydrogens (tertiary/aromatic N) is 3. The summed E-state index contributed by atoms with van der Waals surface area (Å²) in [6.45, 7) is 1.98. The first-order valence-electron chi connectivity index (χ1n) is 7.46. The van der Waals surface area contributed by atoms with E-state index < -0.39 is 17.5 Å². The van der Waals surface area contributed by atoms with Gasteiger partial charge in [0.1, 0.15) is 17.0 Å². The van der Waals surface area contributed by atoms with Crippen molar-refractivity contribution in [1.29, 1.82) is 0 Å². The summed E-state index contributed by atoms with van der Waals surface area (Å²) in [5, 5.41) is 3.94. The highest BCUT2D eigenvalue weighted by Gasteiger charge is 2.18. The zero-order valence-corrected chi connectivity index (χ0v) is 13.6. The van der Waals surface area contributed by atoms with Crippen LogP contribution < -0.4 is 5.56 Å². The number of methoxy groups -OCH3 is 1. The molecule has 25 heavy (non-hydrogen) atoms. The number of carbonyl (C=O) groups is 2. The fourth-order valence-electron chi connectivity index (χ4n) is 2.38. The Kier molecular flexibility index (Phi) is 4.38. The number of carbonyl (C=O) groups excluding carboxylic acids is 2. The van der Waals surface area contributed by atoms with E-state index in [1.807, 2.05) is 0 Å². The molecule has 130 valence electrons. The van der Waals surface area contributed by atoms with Crippen molar-refractivity contribution in [2.75, 3.05) is 13.7 Å². The molecule has 3 rings (SSSR count). The summed E-state index contributed by atoms with van der Waals surface area (Å²) in [7, 11) is 1.26. The van der Waals surface area contributed by atoms with E-state index in [-0.39, 0.29) is 24.5 Å². The summed E-state index contributed by atoms with van der Waals surface area (Å²) < 4.78 is 17.6. The minimum Gasteiger partial charge on any atom is -0.463 e. The molecule has 3 aromatic heterocycles. The van der Waals surface area contributed by atoms with Gasteiger partial charge in [-0.25, -0.2) is 9.59 Å². The van der Waals surface area contributed by atoms with E-state index in [4.69, 9.17) is 9.15 Å². The monoisotopic (exact) mass is 345 g/mol. The van der Waals surface area contributed by atoms with Gasteiger partial charge in [0.25, 0.3) is 5.56 Å². The van der Waals surface area contributed by atoms with Crippen molar-refractivity contribution in [2.45, 2.75) is 13.5 Å². The van der Waals surface area contributed by atoms with Gasteiger partial charge in [0.05, 0.1) is 26.5 Å². The molecule has 0 unspecified atom stereocenters. The second kappa shape index (κ2) is 6.63. The van der Waals surface area contributed by atoms with Crippen LogP contribution in [0, 0.1) is 0 Å². The number of esters is 2. The van der Waals surface area contributed by atoms with Crippen LogP contribution >= 0.6 is 0 Å². The predicted molar refractivity (Wildman–Crippen MR) is 84.6 cm³/mol. The van der Waals surface area contributed by atoms with Gasteiger partial charge in [0, 0.05) is 12.3 Å². The molecule has 9 nitrogen and oxygen atoms in total. The molecule has 0 aliphatic rings. The van der Waals surface area contributed by atoms with Crippen LogP contribution in [0.5, 0.6) is 0 Å². The van der Waals surface area contributed by atoms with Crippen LogP contribution in [0.15, 0.2) is 39.8 Å². The van der Waals surface area contributed by atoms with Crippen molar-refractivity contribution >= 4 is 17.6 Å². The topological polar surface area (TPSA) is 105 Å². The number of aromatic nitrogens is 3. The van der Waals surface area contributed by atoms with Crippen molar-refractivity contribution in [1.82, 2.24) is 14.2 Å². The lowest BCUT2D eigenvalue weighted by atomic mass is 10.3. The number of fused-ring (bicyclic) bond motifs is 1. The van der Waals surface area contributed by atoms with Crippen molar-refractivity contribution in [3.63, 3.8) is 0 Å². The largest absolute Gasteiger partial charge is 0.463 e. The summed E-state index contributed by atoms with van der Waals surface area (Å²) >= 11 is 0. The van der Waals surface area contributed by atoms with Crippen LogP contribution in [-0.4, -0.2) is 39.8 Å². The highest BCUT2D eigenvalue weighted by atomic mass is 16.5. The number of ether oxygens (including phenoxy) is 2. The van der Waals surface area contributed by atoms with E-state index in [1.54, 1.807) is 23.6 Å². The zero-order valence-electron chi connectivity index (χ0n) is 13.6.